The summed E-state index contributed by atoms with van der Waals surface area (Å²) in [6.07, 6.45) is 4.30. The van der Waals surface area contributed by atoms with Gasteiger partial charge in [-0.25, -0.2) is 9.97 Å². The van der Waals surface area contributed by atoms with E-state index in [0.29, 0.717) is 11.8 Å². The highest BCUT2D eigenvalue weighted by molar-refractivity contribution is 9.10. The molecular formula is C12H11BrClN3. The minimum Gasteiger partial charge on any atom is -0.324 e. The van der Waals surface area contributed by atoms with Gasteiger partial charge in [-0.15, -0.1) is 11.6 Å². The first kappa shape index (κ1) is 12.3. The summed E-state index contributed by atoms with van der Waals surface area (Å²) < 4.78 is 0.862. The van der Waals surface area contributed by atoms with Gasteiger partial charge < -0.3 is 5.32 Å². The zero-order valence-corrected chi connectivity index (χ0v) is 11.4. The average molecular weight is 313 g/mol. The van der Waals surface area contributed by atoms with E-state index in [1.165, 1.54) is 5.56 Å². The number of aryl methyl sites for hydroxylation is 1. The van der Waals surface area contributed by atoms with Crippen LogP contribution in [0.15, 0.2) is 41.1 Å². The summed E-state index contributed by atoms with van der Waals surface area (Å²) >= 11 is 8.97. The predicted molar refractivity (Wildman–Crippen MR) is 73.9 cm³/mol. The summed E-state index contributed by atoms with van der Waals surface area (Å²) in [6.45, 7) is 0. The number of anilines is 2. The van der Waals surface area contributed by atoms with Crippen molar-refractivity contribution in [1.82, 2.24) is 9.97 Å². The number of aromatic nitrogens is 2. The van der Waals surface area contributed by atoms with Crippen molar-refractivity contribution < 1.29 is 0 Å². The van der Waals surface area contributed by atoms with Crippen molar-refractivity contribution in [2.24, 2.45) is 0 Å². The Morgan fingerprint density at radius 2 is 1.76 bits per heavy atom. The summed E-state index contributed by atoms with van der Waals surface area (Å²) in [5.74, 6) is 1.22. The molecule has 17 heavy (non-hydrogen) atoms. The van der Waals surface area contributed by atoms with Crippen molar-refractivity contribution in [3.8, 4) is 0 Å². The third kappa shape index (κ3) is 3.68. The smallest absolute Gasteiger partial charge is 0.227 e. The molecule has 3 nitrogen and oxygen atoms in total. The van der Waals surface area contributed by atoms with Crippen LogP contribution in [0.5, 0.6) is 0 Å². The Morgan fingerprint density at radius 3 is 2.35 bits per heavy atom. The standard InChI is InChI=1S/C12H11BrClN3/c13-10-7-15-12(16-8-10)17-11-3-1-9(2-4-11)5-6-14/h1-4,7-8H,5-6H2,(H,15,16,17). The molecule has 0 unspecified atom stereocenters. The van der Waals surface area contributed by atoms with E-state index in [1.54, 1.807) is 12.4 Å². The van der Waals surface area contributed by atoms with Crippen LogP contribution in [0, 0.1) is 0 Å². The second-order valence-electron chi connectivity index (χ2n) is 3.49. The van der Waals surface area contributed by atoms with E-state index in [-0.39, 0.29) is 0 Å². The van der Waals surface area contributed by atoms with Crippen LogP contribution < -0.4 is 5.32 Å². The molecule has 1 N–H and O–H groups in total. The fourth-order valence-electron chi connectivity index (χ4n) is 1.37. The predicted octanol–water partition coefficient (Wildman–Crippen LogP) is 3.76. The molecule has 0 saturated carbocycles. The van der Waals surface area contributed by atoms with Gasteiger partial charge in [0.25, 0.3) is 0 Å². The molecule has 0 aliphatic heterocycles. The molecule has 0 spiro atoms. The number of alkyl halides is 1. The Labute approximate surface area is 113 Å². The van der Waals surface area contributed by atoms with E-state index in [0.717, 1.165) is 16.6 Å². The number of halogens is 2. The molecule has 1 aromatic heterocycles. The Kier molecular flexibility index (Phi) is 4.34. The van der Waals surface area contributed by atoms with E-state index in [1.807, 2.05) is 24.3 Å². The van der Waals surface area contributed by atoms with Crippen molar-refractivity contribution >= 4 is 39.2 Å². The highest BCUT2D eigenvalue weighted by Gasteiger charge is 1.98. The van der Waals surface area contributed by atoms with Gasteiger partial charge in [0.15, 0.2) is 0 Å². The van der Waals surface area contributed by atoms with Crippen molar-refractivity contribution in [3.63, 3.8) is 0 Å². The van der Waals surface area contributed by atoms with Crippen molar-refractivity contribution in [2.75, 3.05) is 11.2 Å². The Morgan fingerprint density at radius 1 is 1.12 bits per heavy atom. The van der Waals surface area contributed by atoms with Crippen molar-refractivity contribution in [3.05, 3.63) is 46.7 Å². The van der Waals surface area contributed by atoms with Gasteiger partial charge in [-0.05, 0) is 40.0 Å². The molecule has 2 aromatic rings. The van der Waals surface area contributed by atoms with E-state index in [2.05, 4.69) is 31.2 Å². The van der Waals surface area contributed by atoms with Gasteiger partial charge in [0, 0.05) is 24.0 Å². The number of hydrogen-bond acceptors (Lipinski definition) is 3. The highest BCUT2D eigenvalue weighted by atomic mass is 79.9. The normalized spacial score (nSPS) is 10.2. The summed E-state index contributed by atoms with van der Waals surface area (Å²) in [5, 5.41) is 3.12. The first-order valence-corrected chi connectivity index (χ1v) is 6.50. The first-order valence-electron chi connectivity index (χ1n) is 5.17. The molecule has 2 rings (SSSR count). The average Bonchev–Trinajstić information content (AvgIpc) is 2.35. The van der Waals surface area contributed by atoms with Crippen LogP contribution in [0.4, 0.5) is 11.6 Å². The molecule has 1 aromatic carbocycles. The molecular weight excluding hydrogens is 302 g/mol. The maximum Gasteiger partial charge on any atom is 0.227 e. The molecule has 0 aliphatic rings. The van der Waals surface area contributed by atoms with Crippen LogP contribution in [0.25, 0.3) is 0 Å². The first-order chi connectivity index (χ1) is 8.28. The fraction of sp³-hybridized carbons (Fsp3) is 0.167. The zero-order chi connectivity index (χ0) is 12.1. The molecule has 0 bridgehead atoms. The lowest BCUT2D eigenvalue weighted by Gasteiger charge is -2.05. The lowest BCUT2D eigenvalue weighted by atomic mass is 10.1. The quantitative estimate of drug-likeness (QED) is 0.873. The van der Waals surface area contributed by atoms with Gasteiger partial charge in [0.05, 0.1) is 4.47 Å². The molecule has 0 aliphatic carbocycles. The second kappa shape index (κ2) is 5.98. The largest absolute Gasteiger partial charge is 0.324 e. The molecule has 1 heterocycles. The summed E-state index contributed by atoms with van der Waals surface area (Å²) in [5.41, 5.74) is 2.19. The number of nitrogens with zero attached hydrogens (tertiary/aromatic N) is 2. The third-order valence-electron chi connectivity index (χ3n) is 2.21. The maximum atomic E-state index is 5.68. The van der Waals surface area contributed by atoms with Crippen molar-refractivity contribution in [2.45, 2.75) is 6.42 Å². The highest BCUT2D eigenvalue weighted by Crippen LogP contribution is 2.15. The van der Waals surface area contributed by atoms with Gasteiger partial charge in [0.1, 0.15) is 0 Å². The summed E-state index contributed by atoms with van der Waals surface area (Å²) in [7, 11) is 0. The maximum absolute atomic E-state index is 5.68. The van der Waals surface area contributed by atoms with E-state index in [9.17, 15) is 0 Å². The van der Waals surface area contributed by atoms with E-state index >= 15 is 0 Å². The molecule has 0 saturated heterocycles. The minimum atomic E-state index is 0.582. The Balaban J connectivity index is 2.05. The summed E-state index contributed by atoms with van der Waals surface area (Å²) in [4.78, 5) is 8.28. The van der Waals surface area contributed by atoms with Crippen LogP contribution in [0.3, 0.4) is 0 Å². The van der Waals surface area contributed by atoms with Crippen molar-refractivity contribution in [1.29, 1.82) is 0 Å². The van der Waals surface area contributed by atoms with Gasteiger partial charge >= 0.3 is 0 Å². The van der Waals surface area contributed by atoms with Gasteiger partial charge in [-0.3, -0.25) is 0 Å². The van der Waals surface area contributed by atoms with Crippen LogP contribution in [0.2, 0.25) is 0 Å². The molecule has 0 fully saturated rings. The third-order valence-corrected chi connectivity index (χ3v) is 2.81. The van der Waals surface area contributed by atoms with E-state index in [4.69, 9.17) is 11.6 Å². The number of rotatable bonds is 4. The van der Waals surface area contributed by atoms with Crippen LogP contribution in [-0.2, 0) is 6.42 Å². The second-order valence-corrected chi connectivity index (χ2v) is 4.78. The fourth-order valence-corrected chi connectivity index (χ4v) is 1.79. The lowest BCUT2D eigenvalue weighted by Crippen LogP contribution is -1.96. The minimum absolute atomic E-state index is 0.582. The SMILES string of the molecule is ClCCc1ccc(Nc2ncc(Br)cn2)cc1. The number of hydrogen-bond donors (Lipinski definition) is 1. The monoisotopic (exact) mass is 311 g/mol. The topological polar surface area (TPSA) is 37.8 Å². The van der Waals surface area contributed by atoms with Gasteiger partial charge in [-0.2, -0.15) is 0 Å². The van der Waals surface area contributed by atoms with Crippen LogP contribution in [-0.4, -0.2) is 15.8 Å². The number of benzene rings is 1. The van der Waals surface area contributed by atoms with Crippen LogP contribution in [0.1, 0.15) is 5.56 Å². The Bertz CT molecular complexity index is 470. The number of nitrogens with one attached hydrogen (secondary N) is 1. The van der Waals surface area contributed by atoms with Crippen LogP contribution >= 0.6 is 27.5 Å². The van der Waals surface area contributed by atoms with E-state index < -0.39 is 0 Å². The molecule has 0 amide bonds. The molecule has 0 radical (unpaired) electrons. The zero-order valence-electron chi connectivity index (χ0n) is 9.03. The molecule has 88 valence electrons. The molecule has 5 heteroatoms. The van der Waals surface area contributed by atoms with Gasteiger partial charge in [-0.1, -0.05) is 12.1 Å². The van der Waals surface area contributed by atoms with Gasteiger partial charge in [0.2, 0.25) is 5.95 Å². The Hall–Kier alpha value is -1.13. The molecule has 0 atom stereocenters. The summed E-state index contributed by atoms with van der Waals surface area (Å²) in [6, 6.07) is 8.08. The lowest BCUT2D eigenvalue weighted by molar-refractivity contribution is 1.14.